The summed E-state index contributed by atoms with van der Waals surface area (Å²) in [4.78, 5) is 15.4. The van der Waals surface area contributed by atoms with Gasteiger partial charge in [0.25, 0.3) is 0 Å². The van der Waals surface area contributed by atoms with Gasteiger partial charge in [0, 0.05) is 11.1 Å². The van der Waals surface area contributed by atoms with E-state index in [2.05, 4.69) is 4.98 Å². The van der Waals surface area contributed by atoms with Crippen LogP contribution in [0.15, 0.2) is 17.2 Å². The lowest BCUT2D eigenvalue weighted by Gasteiger charge is -2.03. The molecule has 64 valence electrons. The van der Waals surface area contributed by atoms with Crippen LogP contribution in [0, 0.1) is 6.92 Å². The van der Waals surface area contributed by atoms with Crippen LogP contribution in [0.4, 0.5) is 0 Å². The third-order valence-corrected chi connectivity index (χ3v) is 2.32. The van der Waals surface area contributed by atoms with Crippen molar-refractivity contribution in [2.24, 2.45) is 0 Å². The summed E-state index contributed by atoms with van der Waals surface area (Å²) < 4.78 is 0. The Hall–Kier alpha value is -1.03. The van der Waals surface area contributed by atoms with Gasteiger partial charge in [0.15, 0.2) is 0 Å². The lowest BCUT2D eigenvalue weighted by atomic mass is 10.2. The first-order valence-corrected chi connectivity index (χ1v) is 4.62. The monoisotopic (exact) mass is 183 g/mol. The van der Waals surface area contributed by atoms with E-state index in [0.29, 0.717) is 11.3 Å². The van der Waals surface area contributed by atoms with Gasteiger partial charge in [-0.3, -0.25) is 4.98 Å². The lowest BCUT2D eigenvalue weighted by Crippen LogP contribution is -2.03. The Labute approximate surface area is 74.8 Å². The van der Waals surface area contributed by atoms with Gasteiger partial charge in [-0.1, -0.05) is 0 Å². The average Bonchev–Trinajstić information content (AvgIpc) is 2.03. The van der Waals surface area contributed by atoms with Crippen LogP contribution in [-0.4, -0.2) is 22.3 Å². The fraction of sp³-hybridized carbons (Fsp3) is 0.250. The summed E-state index contributed by atoms with van der Waals surface area (Å²) in [6, 6.07) is 1.71. The van der Waals surface area contributed by atoms with Gasteiger partial charge in [-0.05, 0) is 19.2 Å². The number of aromatic nitrogens is 1. The highest BCUT2D eigenvalue weighted by Gasteiger charge is 2.12. The molecular formula is C8H9NO2S. The van der Waals surface area contributed by atoms with Crippen molar-refractivity contribution in [3.63, 3.8) is 0 Å². The number of carboxylic acid groups (broad SMARTS) is 1. The largest absolute Gasteiger partial charge is 0.478 e. The molecule has 0 radical (unpaired) electrons. The molecule has 4 heteroatoms. The number of carbonyl (C=O) groups is 1. The molecule has 0 aromatic carbocycles. The Morgan fingerprint density at radius 3 is 2.75 bits per heavy atom. The molecule has 0 spiro atoms. The maximum absolute atomic E-state index is 10.7. The second kappa shape index (κ2) is 3.58. The summed E-state index contributed by atoms with van der Waals surface area (Å²) >= 11 is 1.42. The molecule has 0 bridgehead atoms. The van der Waals surface area contributed by atoms with Gasteiger partial charge in [-0.25, -0.2) is 4.79 Å². The number of carboxylic acids is 1. The summed E-state index contributed by atoms with van der Waals surface area (Å²) in [5.74, 6) is -0.912. The molecule has 0 saturated heterocycles. The standard InChI is InChI=1S/C8H9NO2S/c1-5-7(8(10)11)6(12-2)3-4-9-5/h3-4H,1-2H3,(H,10,11). The maximum atomic E-state index is 10.7. The number of aryl methyl sites for hydroxylation is 1. The molecule has 0 unspecified atom stereocenters. The normalized spacial score (nSPS) is 9.83. The minimum Gasteiger partial charge on any atom is -0.478 e. The zero-order valence-electron chi connectivity index (χ0n) is 6.87. The van der Waals surface area contributed by atoms with Crippen LogP contribution < -0.4 is 0 Å². The van der Waals surface area contributed by atoms with Crippen LogP contribution in [0.2, 0.25) is 0 Å². The van der Waals surface area contributed by atoms with E-state index in [-0.39, 0.29) is 0 Å². The molecule has 12 heavy (non-hydrogen) atoms. The van der Waals surface area contributed by atoms with Gasteiger partial charge in [0.05, 0.1) is 11.3 Å². The van der Waals surface area contributed by atoms with Gasteiger partial charge < -0.3 is 5.11 Å². The van der Waals surface area contributed by atoms with Crippen LogP contribution in [0.25, 0.3) is 0 Å². The van der Waals surface area contributed by atoms with Crippen molar-refractivity contribution >= 4 is 17.7 Å². The first kappa shape index (κ1) is 9.06. The molecule has 0 fully saturated rings. The van der Waals surface area contributed by atoms with Crippen molar-refractivity contribution in [2.75, 3.05) is 6.26 Å². The number of aromatic carboxylic acids is 1. The number of rotatable bonds is 2. The van der Waals surface area contributed by atoms with Crippen molar-refractivity contribution in [3.8, 4) is 0 Å². The smallest absolute Gasteiger partial charge is 0.338 e. The highest BCUT2D eigenvalue weighted by molar-refractivity contribution is 7.98. The third-order valence-electron chi connectivity index (χ3n) is 1.54. The Kier molecular flexibility index (Phi) is 2.70. The van der Waals surface area contributed by atoms with Crippen molar-refractivity contribution in [2.45, 2.75) is 11.8 Å². The molecular weight excluding hydrogens is 174 g/mol. The highest BCUT2D eigenvalue weighted by atomic mass is 32.2. The maximum Gasteiger partial charge on any atom is 0.338 e. The predicted octanol–water partition coefficient (Wildman–Crippen LogP) is 1.81. The van der Waals surface area contributed by atoms with E-state index < -0.39 is 5.97 Å². The van der Waals surface area contributed by atoms with Crippen LogP contribution in [-0.2, 0) is 0 Å². The molecule has 0 aliphatic carbocycles. The summed E-state index contributed by atoms with van der Waals surface area (Å²) in [6.07, 6.45) is 3.47. The minimum absolute atomic E-state index is 0.310. The van der Waals surface area contributed by atoms with E-state index in [4.69, 9.17) is 5.11 Å². The topological polar surface area (TPSA) is 50.2 Å². The second-order valence-electron chi connectivity index (χ2n) is 2.28. The zero-order chi connectivity index (χ0) is 9.14. The molecule has 1 aromatic rings. The van der Waals surface area contributed by atoms with Crippen molar-refractivity contribution < 1.29 is 9.90 Å². The second-order valence-corrected chi connectivity index (χ2v) is 3.13. The number of pyridine rings is 1. The number of nitrogens with zero attached hydrogens (tertiary/aromatic N) is 1. The van der Waals surface area contributed by atoms with E-state index in [0.717, 1.165) is 4.90 Å². The van der Waals surface area contributed by atoms with Gasteiger partial charge in [-0.2, -0.15) is 0 Å². The molecule has 0 saturated carbocycles. The highest BCUT2D eigenvalue weighted by Crippen LogP contribution is 2.21. The molecule has 1 rings (SSSR count). The minimum atomic E-state index is -0.912. The summed E-state index contributed by atoms with van der Waals surface area (Å²) in [5.41, 5.74) is 0.874. The van der Waals surface area contributed by atoms with Crippen molar-refractivity contribution in [1.29, 1.82) is 0 Å². The van der Waals surface area contributed by atoms with Crippen LogP contribution in [0.5, 0.6) is 0 Å². The van der Waals surface area contributed by atoms with E-state index >= 15 is 0 Å². The summed E-state index contributed by atoms with van der Waals surface area (Å²) in [6.45, 7) is 1.70. The Bertz CT molecular complexity index is 312. The zero-order valence-corrected chi connectivity index (χ0v) is 7.68. The molecule has 0 atom stereocenters. The fourth-order valence-electron chi connectivity index (χ4n) is 0.973. The van der Waals surface area contributed by atoms with Crippen LogP contribution >= 0.6 is 11.8 Å². The quantitative estimate of drug-likeness (QED) is 0.710. The number of hydrogen-bond acceptors (Lipinski definition) is 3. The molecule has 0 amide bonds. The number of hydrogen-bond donors (Lipinski definition) is 1. The Balaban J connectivity index is 3.29. The Morgan fingerprint density at radius 1 is 1.67 bits per heavy atom. The Morgan fingerprint density at radius 2 is 2.33 bits per heavy atom. The van der Waals surface area contributed by atoms with Gasteiger partial charge in [0.1, 0.15) is 0 Å². The van der Waals surface area contributed by atoms with E-state index in [1.54, 1.807) is 19.2 Å². The SMILES string of the molecule is CSc1ccnc(C)c1C(=O)O. The van der Waals surface area contributed by atoms with Crippen LogP contribution in [0.1, 0.15) is 16.1 Å². The van der Waals surface area contributed by atoms with E-state index in [1.807, 2.05) is 6.26 Å². The summed E-state index contributed by atoms with van der Waals surface area (Å²) in [7, 11) is 0. The number of thioether (sulfide) groups is 1. The third kappa shape index (κ3) is 1.58. The van der Waals surface area contributed by atoms with E-state index in [9.17, 15) is 4.79 Å². The van der Waals surface area contributed by atoms with Crippen molar-refractivity contribution in [3.05, 3.63) is 23.5 Å². The van der Waals surface area contributed by atoms with E-state index in [1.165, 1.54) is 11.8 Å². The average molecular weight is 183 g/mol. The molecule has 1 aromatic heterocycles. The molecule has 1 N–H and O–H groups in total. The first-order valence-electron chi connectivity index (χ1n) is 3.39. The molecule has 0 aliphatic heterocycles. The van der Waals surface area contributed by atoms with Gasteiger partial charge >= 0.3 is 5.97 Å². The predicted molar refractivity (Wildman–Crippen MR) is 47.7 cm³/mol. The lowest BCUT2D eigenvalue weighted by molar-refractivity contribution is 0.0691. The van der Waals surface area contributed by atoms with Crippen molar-refractivity contribution in [1.82, 2.24) is 4.98 Å². The van der Waals surface area contributed by atoms with Gasteiger partial charge in [-0.15, -0.1) is 11.8 Å². The molecule has 0 aliphatic rings. The first-order chi connectivity index (χ1) is 5.66. The van der Waals surface area contributed by atoms with Crippen LogP contribution in [0.3, 0.4) is 0 Å². The molecule has 1 heterocycles. The summed E-state index contributed by atoms with van der Waals surface area (Å²) in [5, 5.41) is 8.82. The van der Waals surface area contributed by atoms with Gasteiger partial charge in [0.2, 0.25) is 0 Å². The molecule has 3 nitrogen and oxygen atoms in total. The fourth-order valence-corrected chi connectivity index (χ4v) is 1.61.